The van der Waals surface area contributed by atoms with E-state index in [1.54, 1.807) is 11.9 Å². The number of H-pyrrole nitrogens is 1. The number of benzene rings is 1. The third-order valence-electron chi connectivity index (χ3n) is 3.16. The molecule has 0 saturated carbocycles. The van der Waals surface area contributed by atoms with Crippen molar-refractivity contribution in [2.75, 3.05) is 20.2 Å². The molecule has 110 valence electrons. The molecule has 1 N–H and O–H groups in total. The van der Waals surface area contributed by atoms with E-state index in [0.717, 1.165) is 11.3 Å². The molecule has 21 heavy (non-hydrogen) atoms. The van der Waals surface area contributed by atoms with E-state index < -0.39 is 0 Å². The molecule has 0 unspecified atom stereocenters. The van der Waals surface area contributed by atoms with Crippen molar-refractivity contribution in [3.8, 4) is 5.75 Å². The van der Waals surface area contributed by atoms with Crippen molar-refractivity contribution < 1.29 is 9.53 Å². The number of nitrogens with one attached hydrogen (secondary N) is 1. The van der Waals surface area contributed by atoms with Gasteiger partial charge in [0.05, 0.1) is 12.1 Å². The molecule has 5 heteroatoms. The van der Waals surface area contributed by atoms with Crippen LogP contribution in [-0.4, -0.2) is 36.0 Å². The van der Waals surface area contributed by atoms with E-state index in [1.807, 2.05) is 31.2 Å². The zero-order valence-corrected chi connectivity index (χ0v) is 12.1. The van der Waals surface area contributed by atoms with E-state index >= 15 is 0 Å². The van der Waals surface area contributed by atoms with Gasteiger partial charge in [-0.1, -0.05) is 18.2 Å². The fraction of sp³-hybridized carbons (Fsp3) is 0.250. The average Bonchev–Trinajstić information content (AvgIpc) is 2.49. The van der Waals surface area contributed by atoms with Crippen LogP contribution in [0.1, 0.15) is 15.9 Å². The molecular formula is C16H18N2O3. The van der Waals surface area contributed by atoms with Crippen LogP contribution >= 0.6 is 0 Å². The van der Waals surface area contributed by atoms with Crippen LogP contribution in [0.3, 0.4) is 0 Å². The first-order chi connectivity index (χ1) is 10.1. The lowest BCUT2D eigenvalue weighted by atomic mass is 10.2. The summed E-state index contributed by atoms with van der Waals surface area (Å²) in [5, 5.41) is 0. The van der Waals surface area contributed by atoms with Gasteiger partial charge < -0.3 is 14.6 Å². The third-order valence-corrected chi connectivity index (χ3v) is 3.16. The topological polar surface area (TPSA) is 62.4 Å². The maximum atomic E-state index is 12.1. The Bertz CT molecular complexity index is 659. The van der Waals surface area contributed by atoms with Crippen molar-refractivity contribution >= 4 is 5.91 Å². The fourth-order valence-electron chi connectivity index (χ4n) is 1.88. The number of carbonyl (C=O) groups excluding carboxylic acids is 1. The number of aromatic amines is 1. The van der Waals surface area contributed by atoms with Crippen LogP contribution in [0, 0.1) is 6.92 Å². The molecule has 0 aliphatic rings. The van der Waals surface area contributed by atoms with Crippen LogP contribution in [0.2, 0.25) is 0 Å². The number of rotatable bonds is 5. The molecule has 0 aliphatic carbocycles. The van der Waals surface area contributed by atoms with E-state index in [2.05, 4.69) is 4.98 Å². The Kier molecular flexibility index (Phi) is 4.77. The lowest BCUT2D eigenvalue weighted by Gasteiger charge is -2.18. The number of aromatic nitrogens is 1. The molecule has 0 saturated heterocycles. The summed E-state index contributed by atoms with van der Waals surface area (Å²) >= 11 is 0. The fourth-order valence-corrected chi connectivity index (χ4v) is 1.88. The summed E-state index contributed by atoms with van der Waals surface area (Å²) in [6.07, 6.45) is 1.42. The molecule has 0 aliphatic heterocycles. The van der Waals surface area contributed by atoms with Crippen molar-refractivity contribution in [1.29, 1.82) is 0 Å². The van der Waals surface area contributed by atoms with Crippen LogP contribution in [0.25, 0.3) is 0 Å². The number of likely N-dealkylation sites (N-methyl/N-ethyl adjacent to an activating group) is 1. The predicted octanol–water partition coefficient (Wildman–Crippen LogP) is 1.83. The van der Waals surface area contributed by atoms with Gasteiger partial charge in [-0.2, -0.15) is 0 Å². The Balaban J connectivity index is 1.88. The first-order valence-corrected chi connectivity index (χ1v) is 6.70. The van der Waals surface area contributed by atoms with Gasteiger partial charge in [0.25, 0.3) is 5.91 Å². The van der Waals surface area contributed by atoms with Gasteiger partial charge in [0, 0.05) is 19.3 Å². The minimum Gasteiger partial charge on any atom is -0.491 e. The number of amides is 1. The van der Waals surface area contributed by atoms with E-state index in [0.29, 0.717) is 18.7 Å². The number of hydrogen-bond donors (Lipinski definition) is 1. The van der Waals surface area contributed by atoms with Gasteiger partial charge in [0.15, 0.2) is 0 Å². The zero-order valence-electron chi connectivity index (χ0n) is 12.1. The van der Waals surface area contributed by atoms with Gasteiger partial charge in [-0.3, -0.25) is 9.59 Å². The molecule has 1 aromatic heterocycles. The number of ether oxygens (including phenoxy) is 1. The minimum atomic E-state index is -0.225. The standard InChI is InChI=1S/C16H18N2O3/c1-12-5-3-4-6-14(12)21-10-9-18(2)16(20)13-7-8-15(19)17-11-13/h3-8,11H,9-10H2,1-2H3,(H,17,19). The van der Waals surface area contributed by atoms with Crippen LogP contribution in [0.4, 0.5) is 0 Å². The highest BCUT2D eigenvalue weighted by atomic mass is 16.5. The molecule has 0 fully saturated rings. The highest BCUT2D eigenvalue weighted by Crippen LogP contribution is 2.15. The summed E-state index contributed by atoms with van der Waals surface area (Å²) in [6, 6.07) is 10.6. The molecule has 0 radical (unpaired) electrons. The molecule has 0 atom stereocenters. The van der Waals surface area contributed by atoms with Crippen molar-refractivity contribution in [2.24, 2.45) is 0 Å². The summed E-state index contributed by atoms with van der Waals surface area (Å²) in [4.78, 5) is 27.1. The molecule has 0 spiro atoms. The second-order valence-electron chi connectivity index (χ2n) is 4.78. The summed E-state index contributed by atoms with van der Waals surface area (Å²) < 4.78 is 5.66. The van der Waals surface area contributed by atoms with Crippen molar-refractivity contribution in [3.05, 3.63) is 64.1 Å². The lowest BCUT2D eigenvalue weighted by molar-refractivity contribution is 0.0773. The molecule has 2 aromatic rings. The largest absolute Gasteiger partial charge is 0.491 e. The minimum absolute atomic E-state index is 0.153. The molecule has 1 amide bonds. The third kappa shape index (κ3) is 3.95. The second kappa shape index (κ2) is 6.74. The van der Waals surface area contributed by atoms with Gasteiger partial charge in [0.1, 0.15) is 12.4 Å². The lowest BCUT2D eigenvalue weighted by Crippen LogP contribution is -2.31. The highest BCUT2D eigenvalue weighted by molar-refractivity contribution is 5.93. The smallest absolute Gasteiger partial charge is 0.255 e. The summed E-state index contributed by atoms with van der Waals surface area (Å²) in [5.74, 6) is 0.669. The quantitative estimate of drug-likeness (QED) is 0.912. The summed E-state index contributed by atoms with van der Waals surface area (Å²) in [7, 11) is 1.70. The molecule has 2 rings (SSSR count). The number of carbonyl (C=O) groups is 1. The number of aryl methyl sites for hydroxylation is 1. The number of para-hydroxylation sites is 1. The molecule has 0 bridgehead atoms. The summed E-state index contributed by atoms with van der Waals surface area (Å²) in [5.41, 5.74) is 1.29. The average molecular weight is 286 g/mol. The molecule has 1 aromatic carbocycles. The van der Waals surface area contributed by atoms with Gasteiger partial charge in [0.2, 0.25) is 5.56 Å². The maximum absolute atomic E-state index is 12.1. The molecule has 5 nitrogen and oxygen atoms in total. The van der Waals surface area contributed by atoms with Crippen LogP contribution in [-0.2, 0) is 0 Å². The maximum Gasteiger partial charge on any atom is 0.255 e. The first-order valence-electron chi connectivity index (χ1n) is 6.70. The predicted molar refractivity (Wildman–Crippen MR) is 80.7 cm³/mol. The molecule has 1 heterocycles. The number of pyridine rings is 1. The van der Waals surface area contributed by atoms with E-state index in [4.69, 9.17) is 4.74 Å². The Morgan fingerprint density at radius 2 is 2.00 bits per heavy atom. The van der Waals surface area contributed by atoms with E-state index in [9.17, 15) is 9.59 Å². The van der Waals surface area contributed by atoms with Crippen LogP contribution in [0.15, 0.2) is 47.4 Å². The zero-order chi connectivity index (χ0) is 15.2. The Morgan fingerprint density at radius 3 is 2.67 bits per heavy atom. The first kappa shape index (κ1) is 14.8. The van der Waals surface area contributed by atoms with Crippen molar-refractivity contribution in [2.45, 2.75) is 6.92 Å². The van der Waals surface area contributed by atoms with Crippen LogP contribution in [0.5, 0.6) is 5.75 Å². The van der Waals surface area contributed by atoms with Gasteiger partial charge in [-0.05, 0) is 24.6 Å². The monoisotopic (exact) mass is 286 g/mol. The Labute approximate surface area is 123 Å². The Hall–Kier alpha value is -2.56. The normalized spacial score (nSPS) is 10.2. The van der Waals surface area contributed by atoms with Gasteiger partial charge in [-0.25, -0.2) is 0 Å². The van der Waals surface area contributed by atoms with Crippen molar-refractivity contribution in [3.63, 3.8) is 0 Å². The van der Waals surface area contributed by atoms with Gasteiger partial charge >= 0.3 is 0 Å². The Morgan fingerprint density at radius 1 is 1.24 bits per heavy atom. The van der Waals surface area contributed by atoms with E-state index in [1.165, 1.54) is 18.3 Å². The number of nitrogens with zero attached hydrogens (tertiary/aromatic N) is 1. The van der Waals surface area contributed by atoms with Crippen LogP contribution < -0.4 is 10.3 Å². The highest BCUT2D eigenvalue weighted by Gasteiger charge is 2.11. The molecular weight excluding hydrogens is 268 g/mol. The number of hydrogen-bond acceptors (Lipinski definition) is 3. The SMILES string of the molecule is Cc1ccccc1OCCN(C)C(=O)c1ccc(=O)[nH]c1. The van der Waals surface area contributed by atoms with Gasteiger partial charge in [-0.15, -0.1) is 0 Å². The van der Waals surface area contributed by atoms with E-state index in [-0.39, 0.29) is 11.5 Å². The summed E-state index contributed by atoms with van der Waals surface area (Å²) in [6.45, 7) is 2.85. The van der Waals surface area contributed by atoms with Crippen molar-refractivity contribution in [1.82, 2.24) is 9.88 Å². The second-order valence-corrected chi connectivity index (χ2v) is 4.78.